The van der Waals surface area contributed by atoms with Gasteiger partial charge in [-0.05, 0) is 19.8 Å². The normalized spacial score (nSPS) is 22.2. The minimum atomic E-state index is -0.184. The predicted molar refractivity (Wildman–Crippen MR) is 91.0 cm³/mol. The number of carbonyl (C=O) groups is 2. The molecular weight excluding hydrogens is 304 g/mol. The Balaban J connectivity index is 1.75. The molecular formula is C18H28N4O2. The molecule has 1 aromatic heterocycles. The van der Waals surface area contributed by atoms with Gasteiger partial charge in [-0.25, -0.2) is 0 Å². The summed E-state index contributed by atoms with van der Waals surface area (Å²) in [4.78, 5) is 29.0. The second-order valence-corrected chi connectivity index (χ2v) is 7.11. The molecule has 0 spiro atoms. The quantitative estimate of drug-likeness (QED) is 0.828. The van der Waals surface area contributed by atoms with Crippen molar-refractivity contribution in [3.05, 3.63) is 18.0 Å². The Morgan fingerprint density at radius 1 is 1.33 bits per heavy atom. The number of rotatable bonds is 5. The highest BCUT2D eigenvalue weighted by Crippen LogP contribution is 2.28. The Bertz CT molecular complexity index is 592. The number of aromatic nitrogens is 2. The molecule has 2 fully saturated rings. The lowest BCUT2D eigenvalue weighted by Crippen LogP contribution is -2.44. The summed E-state index contributed by atoms with van der Waals surface area (Å²) in [6, 6.07) is 0.303. The summed E-state index contributed by atoms with van der Waals surface area (Å²) in [5.74, 6) is 0.0759. The van der Waals surface area contributed by atoms with Crippen LogP contribution in [0.25, 0.3) is 0 Å². The lowest BCUT2D eigenvalue weighted by atomic mass is 9.92. The highest BCUT2D eigenvalue weighted by atomic mass is 16.2. The maximum absolute atomic E-state index is 13.2. The Kier molecular flexibility index (Phi) is 5.21. The van der Waals surface area contributed by atoms with E-state index in [-0.39, 0.29) is 17.7 Å². The number of hydrogen-bond acceptors (Lipinski definition) is 3. The van der Waals surface area contributed by atoms with E-state index < -0.39 is 0 Å². The molecule has 1 aromatic rings. The lowest BCUT2D eigenvalue weighted by Gasteiger charge is -2.35. The van der Waals surface area contributed by atoms with Crippen molar-refractivity contribution in [2.75, 3.05) is 13.1 Å². The molecule has 1 atom stereocenters. The summed E-state index contributed by atoms with van der Waals surface area (Å²) in [5, 5.41) is 4.23. The zero-order valence-corrected chi connectivity index (χ0v) is 14.8. The first kappa shape index (κ1) is 17.0. The van der Waals surface area contributed by atoms with Gasteiger partial charge in [0.15, 0.2) is 0 Å². The van der Waals surface area contributed by atoms with Crippen molar-refractivity contribution in [2.24, 2.45) is 13.0 Å². The maximum atomic E-state index is 13.2. The van der Waals surface area contributed by atoms with Crippen LogP contribution in [0.5, 0.6) is 0 Å². The van der Waals surface area contributed by atoms with Crippen molar-refractivity contribution in [3.8, 4) is 0 Å². The minimum absolute atomic E-state index is 0.112. The van der Waals surface area contributed by atoms with E-state index in [0.29, 0.717) is 32.1 Å². The van der Waals surface area contributed by atoms with Crippen LogP contribution in [0.2, 0.25) is 0 Å². The number of aryl methyl sites for hydroxylation is 1. The monoisotopic (exact) mass is 332 g/mol. The zero-order valence-electron chi connectivity index (χ0n) is 14.8. The first-order valence-corrected chi connectivity index (χ1v) is 9.14. The van der Waals surface area contributed by atoms with Gasteiger partial charge >= 0.3 is 0 Å². The predicted octanol–water partition coefficient (Wildman–Crippen LogP) is 1.95. The van der Waals surface area contributed by atoms with E-state index in [4.69, 9.17) is 0 Å². The van der Waals surface area contributed by atoms with Gasteiger partial charge in [-0.15, -0.1) is 0 Å². The van der Waals surface area contributed by atoms with Crippen LogP contribution < -0.4 is 0 Å². The van der Waals surface area contributed by atoms with E-state index in [2.05, 4.69) is 5.10 Å². The van der Waals surface area contributed by atoms with Gasteiger partial charge in [-0.2, -0.15) is 5.10 Å². The molecule has 1 unspecified atom stereocenters. The summed E-state index contributed by atoms with van der Waals surface area (Å²) < 4.78 is 1.77. The molecule has 0 aromatic carbocycles. The SMILES string of the molecule is CCN1CC(C(=O)N(Cc2cnn(C)c2)C2CCCCC2)CC1=O. The van der Waals surface area contributed by atoms with Crippen LogP contribution in [-0.4, -0.2) is 50.5 Å². The first-order chi connectivity index (χ1) is 11.6. The van der Waals surface area contributed by atoms with Crippen LogP contribution in [-0.2, 0) is 23.2 Å². The molecule has 1 aliphatic heterocycles. The average Bonchev–Trinajstić information content (AvgIpc) is 3.18. The van der Waals surface area contributed by atoms with Gasteiger partial charge in [0.1, 0.15) is 0 Å². The van der Waals surface area contributed by atoms with Crippen LogP contribution in [0.15, 0.2) is 12.4 Å². The molecule has 2 heterocycles. The van der Waals surface area contributed by atoms with Crippen LogP contribution in [0.4, 0.5) is 0 Å². The molecule has 2 aliphatic rings. The third-order valence-corrected chi connectivity index (χ3v) is 5.36. The summed E-state index contributed by atoms with van der Waals surface area (Å²) in [6.45, 7) is 3.84. The summed E-state index contributed by atoms with van der Waals surface area (Å²) in [6.07, 6.45) is 9.95. The molecule has 0 bridgehead atoms. The van der Waals surface area contributed by atoms with Gasteiger partial charge in [0, 0.05) is 50.9 Å². The molecule has 1 saturated heterocycles. The van der Waals surface area contributed by atoms with E-state index in [1.54, 1.807) is 9.58 Å². The average molecular weight is 332 g/mol. The standard InChI is InChI=1S/C18H28N4O2/c1-3-21-13-15(9-17(21)23)18(24)22(16-7-5-4-6-8-16)12-14-10-19-20(2)11-14/h10-11,15-16H,3-9,12-13H2,1-2H3. The summed E-state index contributed by atoms with van der Waals surface area (Å²) in [7, 11) is 1.89. The first-order valence-electron chi connectivity index (χ1n) is 9.14. The fraction of sp³-hybridized carbons (Fsp3) is 0.722. The highest BCUT2D eigenvalue weighted by Gasteiger charge is 2.38. The topological polar surface area (TPSA) is 58.4 Å². The molecule has 6 nitrogen and oxygen atoms in total. The Labute approximate surface area is 143 Å². The Morgan fingerprint density at radius 2 is 2.08 bits per heavy atom. The fourth-order valence-corrected chi connectivity index (χ4v) is 4.01. The third kappa shape index (κ3) is 3.62. The van der Waals surface area contributed by atoms with Crippen molar-refractivity contribution < 1.29 is 9.59 Å². The summed E-state index contributed by atoms with van der Waals surface area (Å²) in [5.41, 5.74) is 1.06. The molecule has 132 valence electrons. The smallest absolute Gasteiger partial charge is 0.228 e. The number of carbonyl (C=O) groups excluding carboxylic acids is 2. The van der Waals surface area contributed by atoms with Gasteiger partial charge in [-0.3, -0.25) is 14.3 Å². The van der Waals surface area contributed by atoms with Crippen LogP contribution in [0.1, 0.15) is 51.0 Å². The van der Waals surface area contributed by atoms with Gasteiger partial charge < -0.3 is 9.80 Å². The fourth-order valence-electron chi connectivity index (χ4n) is 4.01. The number of likely N-dealkylation sites (tertiary alicyclic amines) is 1. The number of nitrogens with zero attached hydrogens (tertiary/aromatic N) is 4. The minimum Gasteiger partial charge on any atom is -0.342 e. The van der Waals surface area contributed by atoms with Crippen molar-refractivity contribution >= 4 is 11.8 Å². The second kappa shape index (κ2) is 7.36. The molecule has 6 heteroatoms. The van der Waals surface area contributed by atoms with Crippen molar-refractivity contribution in [2.45, 2.75) is 58.0 Å². The molecule has 24 heavy (non-hydrogen) atoms. The second-order valence-electron chi connectivity index (χ2n) is 7.11. The van der Waals surface area contributed by atoms with Gasteiger partial charge in [0.2, 0.25) is 11.8 Å². The van der Waals surface area contributed by atoms with E-state index in [1.807, 2.05) is 31.3 Å². The lowest BCUT2D eigenvalue weighted by molar-refractivity contribution is -0.139. The van der Waals surface area contributed by atoms with E-state index in [9.17, 15) is 9.59 Å². The molecule has 3 rings (SSSR count). The van der Waals surface area contributed by atoms with Gasteiger partial charge in [0.25, 0.3) is 0 Å². The van der Waals surface area contributed by atoms with Crippen molar-refractivity contribution in [3.63, 3.8) is 0 Å². The van der Waals surface area contributed by atoms with E-state index in [1.165, 1.54) is 19.3 Å². The molecule has 1 saturated carbocycles. The van der Waals surface area contributed by atoms with Crippen molar-refractivity contribution in [1.82, 2.24) is 19.6 Å². The Hall–Kier alpha value is -1.85. The molecule has 1 aliphatic carbocycles. The molecule has 0 radical (unpaired) electrons. The zero-order chi connectivity index (χ0) is 17.1. The van der Waals surface area contributed by atoms with E-state index in [0.717, 1.165) is 18.4 Å². The number of amides is 2. The van der Waals surface area contributed by atoms with Crippen LogP contribution in [0, 0.1) is 5.92 Å². The van der Waals surface area contributed by atoms with E-state index >= 15 is 0 Å². The van der Waals surface area contributed by atoms with Gasteiger partial charge in [-0.1, -0.05) is 19.3 Å². The summed E-state index contributed by atoms with van der Waals surface area (Å²) >= 11 is 0. The largest absolute Gasteiger partial charge is 0.342 e. The maximum Gasteiger partial charge on any atom is 0.228 e. The number of hydrogen-bond donors (Lipinski definition) is 0. The molecule has 2 amide bonds. The molecule has 0 N–H and O–H groups in total. The van der Waals surface area contributed by atoms with Crippen LogP contribution >= 0.6 is 0 Å². The van der Waals surface area contributed by atoms with Crippen LogP contribution in [0.3, 0.4) is 0 Å². The van der Waals surface area contributed by atoms with Gasteiger partial charge in [0.05, 0.1) is 12.1 Å². The Morgan fingerprint density at radius 3 is 2.67 bits per heavy atom. The third-order valence-electron chi connectivity index (χ3n) is 5.36. The van der Waals surface area contributed by atoms with Crippen molar-refractivity contribution in [1.29, 1.82) is 0 Å². The highest BCUT2D eigenvalue weighted by molar-refractivity contribution is 5.89.